The van der Waals surface area contributed by atoms with Gasteiger partial charge in [0.25, 0.3) is 0 Å². The van der Waals surface area contributed by atoms with Crippen molar-refractivity contribution in [3.8, 4) is 0 Å². The largest absolute Gasteiger partial charge is 0.380 e. The van der Waals surface area contributed by atoms with Gasteiger partial charge in [0.15, 0.2) is 0 Å². The maximum absolute atomic E-state index is 6.20. The van der Waals surface area contributed by atoms with Crippen LogP contribution >= 0.6 is 34.8 Å². The van der Waals surface area contributed by atoms with Crippen molar-refractivity contribution < 1.29 is 0 Å². The van der Waals surface area contributed by atoms with Crippen LogP contribution in [0.15, 0.2) is 12.1 Å². The molecule has 1 N–H and O–H groups in total. The molecule has 1 aromatic rings. The van der Waals surface area contributed by atoms with E-state index in [2.05, 4.69) is 19.2 Å². The van der Waals surface area contributed by atoms with Crippen LogP contribution in [0.1, 0.15) is 39.5 Å². The van der Waals surface area contributed by atoms with E-state index in [4.69, 9.17) is 34.8 Å². The molecule has 106 valence electrons. The van der Waals surface area contributed by atoms with Gasteiger partial charge in [-0.15, -0.1) is 0 Å². The highest BCUT2D eigenvalue weighted by Crippen LogP contribution is 2.37. The highest BCUT2D eigenvalue weighted by atomic mass is 35.5. The fourth-order valence-corrected chi connectivity index (χ4v) is 3.74. The molecule has 0 bridgehead atoms. The lowest BCUT2D eigenvalue weighted by molar-refractivity contribution is 0.267. The number of halogens is 3. The second-order valence-electron chi connectivity index (χ2n) is 5.74. The van der Waals surface area contributed by atoms with Crippen molar-refractivity contribution in [3.63, 3.8) is 0 Å². The van der Waals surface area contributed by atoms with Gasteiger partial charge in [0.05, 0.1) is 15.7 Å². The summed E-state index contributed by atoms with van der Waals surface area (Å²) < 4.78 is 0. The van der Waals surface area contributed by atoms with E-state index in [1.807, 2.05) is 0 Å². The minimum absolute atomic E-state index is 0.464. The van der Waals surface area contributed by atoms with Crippen LogP contribution < -0.4 is 5.32 Å². The van der Waals surface area contributed by atoms with Crippen molar-refractivity contribution in [1.82, 2.24) is 0 Å². The summed E-state index contributed by atoms with van der Waals surface area (Å²) in [5.74, 6) is 1.64. The fourth-order valence-electron chi connectivity index (χ4n) is 2.81. The number of hydrogen-bond acceptors (Lipinski definition) is 1. The third-order valence-corrected chi connectivity index (χ3v) is 4.88. The van der Waals surface area contributed by atoms with Gasteiger partial charge in [-0.25, -0.2) is 0 Å². The molecular weight excluding hydrogens is 301 g/mol. The standard InChI is InChI=1S/C15H20Cl3N/c1-9(2)10-3-5-12(6-4-10)19-15-13(17)7-11(16)8-14(15)18/h7-10,12,19H,3-6H2,1-2H3. The number of rotatable bonds is 3. The van der Waals surface area contributed by atoms with Gasteiger partial charge in [0.2, 0.25) is 0 Å². The molecule has 19 heavy (non-hydrogen) atoms. The Hall–Kier alpha value is -0.110. The third kappa shape index (κ3) is 3.93. The second kappa shape index (κ2) is 6.56. The van der Waals surface area contributed by atoms with Gasteiger partial charge in [-0.3, -0.25) is 0 Å². The van der Waals surface area contributed by atoms with Gasteiger partial charge in [-0.1, -0.05) is 48.7 Å². The Labute approximate surface area is 130 Å². The van der Waals surface area contributed by atoms with Crippen molar-refractivity contribution in [2.75, 3.05) is 5.32 Å². The summed E-state index contributed by atoms with van der Waals surface area (Å²) in [6, 6.07) is 3.93. The molecule has 0 saturated heterocycles. The third-order valence-electron chi connectivity index (χ3n) is 4.07. The predicted octanol–water partition coefficient (Wildman–Crippen LogP) is 6.27. The summed E-state index contributed by atoms with van der Waals surface area (Å²) in [5.41, 5.74) is 0.820. The molecule has 1 saturated carbocycles. The number of benzene rings is 1. The fraction of sp³-hybridized carbons (Fsp3) is 0.600. The Morgan fingerprint density at radius 2 is 1.53 bits per heavy atom. The van der Waals surface area contributed by atoms with E-state index in [1.165, 1.54) is 25.7 Å². The van der Waals surface area contributed by atoms with E-state index >= 15 is 0 Å². The molecule has 0 amide bonds. The Bertz CT molecular complexity index is 414. The Morgan fingerprint density at radius 1 is 1.00 bits per heavy atom. The quantitative estimate of drug-likeness (QED) is 0.691. The smallest absolute Gasteiger partial charge is 0.0722 e. The molecule has 0 unspecified atom stereocenters. The second-order valence-corrected chi connectivity index (χ2v) is 7.00. The summed E-state index contributed by atoms with van der Waals surface area (Å²) in [5, 5.41) is 5.26. The van der Waals surface area contributed by atoms with Gasteiger partial charge >= 0.3 is 0 Å². The normalized spacial score (nSPS) is 23.7. The summed E-state index contributed by atoms with van der Waals surface area (Å²) in [6.07, 6.45) is 4.91. The van der Waals surface area contributed by atoms with Crippen LogP contribution in [-0.2, 0) is 0 Å². The van der Waals surface area contributed by atoms with E-state index in [9.17, 15) is 0 Å². The molecule has 1 aromatic carbocycles. The highest BCUT2D eigenvalue weighted by molar-refractivity contribution is 6.41. The van der Waals surface area contributed by atoms with Crippen molar-refractivity contribution in [2.45, 2.75) is 45.6 Å². The van der Waals surface area contributed by atoms with Crippen LogP contribution in [0.3, 0.4) is 0 Å². The summed E-state index contributed by atoms with van der Waals surface area (Å²) in [4.78, 5) is 0. The number of nitrogens with one attached hydrogen (secondary N) is 1. The molecule has 1 aliphatic carbocycles. The first kappa shape index (κ1) is 15.3. The van der Waals surface area contributed by atoms with E-state index in [0.717, 1.165) is 17.5 Å². The highest BCUT2D eigenvalue weighted by Gasteiger charge is 2.24. The lowest BCUT2D eigenvalue weighted by Crippen LogP contribution is -2.28. The molecule has 0 atom stereocenters. The van der Waals surface area contributed by atoms with Gasteiger partial charge in [-0.2, -0.15) is 0 Å². The van der Waals surface area contributed by atoms with Crippen molar-refractivity contribution in [1.29, 1.82) is 0 Å². The van der Waals surface area contributed by atoms with Crippen LogP contribution in [-0.4, -0.2) is 6.04 Å². The van der Waals surface area contributed by atoms with E-state index in [0.29, 0.717) is 21.1 Å². The van der Waals surface area contributed by atoms with E-state index in [1.54, 1.807) is 12.1 Å². The maximum Gasteiger partial charge on any atom is 0.0722 e. The molecular formula is C15H20Cl3N. The summed E-state index contributed by atoms with van der Waals surface area (Å²) in [7, 11) is 0. The molecule has 1 fully saturated rings. The molecule has 0 radical (unpaired) electrons. The van der Waals surface area contributed by atoms with Crippen molar-refractivity contribution in [3.05, 3.63) is 27.2 Å². The molecule has 1 aliphatic rings. The molecule has 0 heterocycles. The average Bonchev–Trinajstić information content (AvgIpc) is 2.34. The first-order valence-electron chi connectivity index (χ1n) is 6.88. The zero-order chi connectivity index (χ0) is 14.0. The van der Waals surface area contributed by atoms with Gasteiger partial charge in [-0.05, 0) is 49.7 Å². The zero-order valence-electron chi connectivity index (χ0n) is 11.3. The van der Waals surface area contributed by atoms with Crippen LogP contribution in [0.4, 0.5) is 5.69 Å². The lowest BCUT2D eigenvalue weighted by Gasteiger charge is -2.32. The molecule has 0 aromatic heterocycles. The molecule has 4 heteroatoms. The Kier molecular flexibility index (Phi) is 5.28. The number of anilines is 1. The molecule has 1 nitrogen and oxygen atoms in total. The maximum atomic E-state index is 6.20. The zero-order valence-corrected chi connectivity index (χ0v) is 13.6. The summed E-state index contributed by atoms with van der Waals surface area (Å²) >= 11 is 18.3. The van der Waals surface area contributed by atoms with Gasteiger partial charge < -0.3 is 5.32 Å². The predicted molar refractivity (Wildman–Crippen MR) is 85.7 cm³/mol. The van der Waals surface area contributed by atoms with Gasteiger partial charge in [0.1, 0.15) is 0 Å². The van der Waals surface area contributed by atoms with Crippen LogP contribution in [0.25, 0.3) is 0 Å². The summed E-state index contributed by atoms with van der Waals surface area (Å²) in [6.45, 7) is 4.62. The Balaban J connectivity index is 2.00. The molecule has 0 spiro atoms. The van der Waals surface area contributed by atoms with Crippen LogP contribution in [0.2, 0.25) is 15.1 Å². The minimum Gasteiger partial charge on any atom is -0.380 e. The van der Waals surface area contributed by atoms with Crippen molar-refractivity contribution in [2.24, 2.45) is 11.8 Å². The molecule has 2 rings (SSSR count). The van der Waals surface area contributed by atoms with Crippen LogP contribution in [0.5, 0.6) is 0 Å². The van der Waals surface area contributed by atoms with Crippen molar-refractivity contribution >= 4 is 40.5 Å². The Morgan fingerprint density at radius 3 is 2.00 bits per heavy atom. The number of hydrogen-bond donors (Lipinski definition) is 1. The lowest BCUT2D eigenvalue weighted by atomic mass is 9.79. The topological polar surface area (TPSA) is 12.0 Å². The SMILES string of the molecule is CC(C)C1CCC(Nc2c(Cl)cc(Cl)cc2Cl)CC1. The molecule has 0 aliphatic heterocycles. The first-order chi connectivity index (χ1) is 8.97. The van der Waals surface area contributed by atoms with E-state index < -0.39 is 0 Å². The van der Waals surface area contributed by atoms with E-state index in [-0.39, 0.29) is 0 Å². The monoisotopic (exact) mass is 319 g/mol. The first-order valence-corrected chi connectivity index (χ1v) is 8.02. The van der Waals surface area contributed by atoms with Crippen LogP contribution in [0, 0.1) is 11.8 Å². The average molecular weight is 321 g/mol. The minimum atomic E-state index is 0.464. The van der Waals surface area contributed by atoms with Gasteiger partial charge in [0, 0.05) is 11.1 Å².